The fraction of sp³-hybridized carbons (Fsp3) is 0.367. The highest BCUT2D eigenvalue weighted by Gasteiger charge is 2.37. The molecule has 5 rings (SSSR count). The van der Waals surface area contributed by atoms with Crippen molar-refractivity contribution in [2.45, 2.75) is 63.5 Å². The summed E-state index contributed by atoms with van der Waals surface area (Å²) in [5.74, 6) is -0.523. The molecule has 0 aliphatic heterocycles. The summed E-state index contributed by atoms with van der Waals surface area (Å²) < 4.78 is 81.3. The van der Waals surface area contributed by atoms with Crippen molar-refractivity contribution >= 4 is 34.7 Å². The second-order valence-corrected chi connectivity index (χ2v) is 11.1. The van der Waals surface area contributed by atoms with Gasteiger partial charge in [-0.3, -0.25) is 9.48 Å². The quantitative estimate of drug-likeness (QED) is 0.167. The zero-order chi connectivity index (χ0) is 33.4. The zero-order valence-corrected chi connectivity index (χ0v) is 24.6. The summed E-state index contributed by atoms with van der Waals surface area (Å²) in [6.45, 7) is 1.85. The summed E-state index contributed by atoms with van der Waals surface area (Å²) in [4.78, 5) is 32.6. The van der Waals surface area contributed by atoms with E-state index in [1.165, 1.54) is 10.7 Å². The lowest BCUT2D eigenvalue weighted by Crippen LogP contribution is -2.39. The first-order valence-electron chi connectivity index (χ1n) is 14.2. The van der Waals surface area contributed by atoms with E-state index in [4.69, 9.17) is 5.11 Å². The molecule has 4 N–H and O–H groups in total. The summed E-state index contributed by atoms with van der Waals surface area (Å²) >= 11 is 0. The lowest BCUT2D eigenvalue weighted by molar-refractivity contribution is -0.142. The van der Waals surface area contributed by atoms with E-state index in [2.05, 4.69) is 31.0 Å². The molecule has 2 amide bonds. The van der Waals surface area contributed by atoms with Crippen molar-refractivity contribution in [3.05, 3.63) is 64.8 Å². The molecule has 46 heavy (non-hydrogen) atoms. The van der Waals surface area contributed by atoms with Crippen LogP contribution >= 0.6 is 0 Å². The Morgan fingerprint density at radius 2 is 1.67 bits per heavy atom. The van der Waals surface area contributed by atoms with Gasteiger partial charge in [-0.25, -0.2) is 14.8 Å². The number of alkyl halides is 6. The molecule has 0 bridgehead atoms. The lowest BCUT2D eigenvalue weighted by Gasteiger charge is -2.28. The van der Waals surface area contributed by atoms with Gasteiger partial charge in [-0.2, -0.15) is 31.4 Å². The number of carboxylic acid groups (broad SMARTS) is 1. The van der Waals surface area contributed by atoms with E-state index in [0.29, 0.717) is 53.8 Å². The summed E-state index contributed by atoms with van der Waals surface area (Å²) in [6.07, 6.45) is -7.23. The van der Waals surface area contributed by atoms with Crippen LogP contribution in [0, 0.1) is 6.92 Å². The lowest BCUT2D eigenvalue weighted by atomic mass is 9.91. The van der Waals surface area contributed by atoms with Gasteiger partial charge < -0.3 is 21.1 Å². The molecule has 2 aromatic heterocycles. The van der Waals surface area contributed by atoms with Crippen LogP contribution in [-0.4, -0.2) is 48.9 Å². The Bertz CT molecular complexity index is 1780. The van der Waals surface area contributed by atoms with Crippen LogP contribution in [0.4, 0.5) is 42.9 Å². The third-order valence-electron chi connectivity index (χ3n) is 7.93. The predicted octanol–water partition coefficient (Wildman–Crippen LogP) is 6.55. The molecule has 1 aliphatic rings. The Balaban J connectivity index is 1.30. The van der Waals surface area contributed by atoms with E-state index >= 15 is 0 Å². The molecule has 0 atom stereocenters. The summed E-state index contributed by atoms with van der Waals surface area (Å²) in [5.41, 5.74) is -0.698. The first-order chi connectivity index (χ1) is 21.6. The maximum Gasteiger partial charge on any atom is 0.416 e. The van der Waals surface area contributed by atoms with Crippen LogP contribution in [0.3, 0.4) is 0 Å². The molecule has 0 saturated heterocycles. The number of aromatic nitrogens is 4. The van der Waals surface area contributed by atoms with Crippen LogP contribution in [0.15, 0.2) is 42.6 Å². The highest BCUT2D eigenvalue weighted by Crippen LogP contribution is 2.37. The molecule has 2 heterocycles. The Kier molecular flexibility index (Phi) is 8.82. The van der Waals surface area contributed by atoms with Gasteiger partial charge in [0.2, 0.25) is 11.9 Å². The van der Waals surface area contributed by atoms with Crippen molar-refractivity contribution < 1.29 is 41.0 Å². The summed E-state index contributed by atoms with van der Waals surface area (Å²) in [5, 5.41) is 22.1. The van der Waals surface area contributed by atoms with Gasteiger partial charge in [0.25, 0.3) is 0 Å². The third-order valence-corrected chi connectivity index (χ3v) is 7.93. The highest BCUT2D eigenvalue weighted by molar-refractivity contribution is 5.93. The van der Waals surface area contributed by atoms with Gasteiger partial charge in [0.1, 0.15) is 0 Å². The van der Waals surface area contributed by atoms with E-state index < -0.39 is 47.5 Å². The number of anilines is 2. The number of benzene rings is 2. The number of amides is 2. The molecule has 0 radical (unpaired) electrons. The standard InChI is InChI=1S/C30H29F6N7O3/c1-15-20(8-10-23-21(15)14-37-27(40-23)38-18-4-6-19(7-5-18)39-28(45)46)24-13-25(42-43(24)2)41-26(44)12-16-11-17(29(31,32)33)3-9-22(16)30(34,35)36/h3,8-11,13-14,18-19,39H,4-7,12H2,1-2H3,(H,45,46)(H,37,38,40)(H,41,42,44). The van der Waals surface area contributed by atoms with Gasteiger partial charge in [-0.05, 0) is 68.0 Å². The van der Waals surface area contributed by atoms with Crippen molar-refractivity contribution in [1.82, 2.24) is 25.1 Å². The largest absolute Gasteiger partial charge is 0.465 e. The minimum Gasteiger partial charge on any atom is -0.465 e. The average Bonchev–Trinajstić information content (AvgIpc) is 3.31. The minimum absolute atomic E-state index is 0.00612. The summed E-state index contributed by atoms with van der Waals surface area (Å²) in [7, 11) is 1.60. The number of hydrogen-bond acceptors (Lipinski definition) is 6. The first kappa shape index (κ1) is 32.5. The number of fused-ring (bicyclic) bond motifs is 1. The molecule has 0 unspecified atom stereocenters. The molecule has 0 spiro atoms. The second-order valence-electron chi connectivity index (χ2n) is 11.1. The van der Waals surface area contributed by atoms with Gasteiger partial charge in [0.05, 0.1) is 28.8 Å². The molecule has 2 aromatic carbocycles. The van der Waals surface area contributed by atoms with E-state index in [-0.39, 0.29) is 17.9 Å². The number of nitrogens with one attached hydrogen (secondary N) is 3. The average molecular weight is 650 g/mol. The molecule has 244 valence electrons. The fourth-order valence-corrected chi connectivity index (χ4v) is 5.66. The normalized spacial score (nSPS) is 17.1. The van der Waals surface area contributed by atoms with Crippen LogP contribution < -0.4 is 16.0 Å². The molecule has 10 nitrogen and oxygen atoms in total. The molecule has 1 aliphatic carbocycles. The number of aryl methyl sites for hydroxylation is 2. The van der Waals surface area contributed by atoms with Gasteiger partial charge in [-0.15, -0.1) is 0 Å². The first-order valence-corrected chi connectivity index (χ1v) is 14.2. The Labute approximate surface area is 258 Å². The number of halogens is 6. The topological polar surface area (TPSA) is 134 Å². The monoisotopic (exact) mass is 649 g/mol. The summed E-state index contributed by atoms with van der Waals surface area (Å²) in [6, 6.07) is 6.11. The van der Waals surface area contributed by atoms with Crippen LogP contribution in [0.25, 0.3) is 22.2 Å². The number of carbonyl (C=O) groups is 2. The van der Waals surface area contributed by atoms with Crippen molar-refractivity contribution in [2.75, 3.05) is 10.6 Å². The van der Waals surface area contributed by atoms with Crippen LogP contribution in [-0.2, 0) is 30.6 Å². The predicted molar refractivity (Wildman–Crippen MR) is 156 cm³/mol. The van der Waals surface area contributed by atoms with Crippen molar-refractivity contribution in [1.29, 1.82) is 0 Å². The molecule has 4 aromatic rings. The highest BCUT2D eigenvalue weighted by atomic mass is 19.4. The fourth-order valence-electron chi connectivity index (χ4n) is 5.66. The molecule has 1 saturated carbocycles. The molecular formula is C30H29F6N7O3. The molecule has 16 heteroatoms. The Morgan fingerprint density at radius 3 is 2.33 bits per heavy atom. The van der Waals surface area contributed by atoms with Gasteiger partial charge >= 0.3 is 18.4 Å². The Hall–Kier alpha value is -4.89. The maximum atomic E-state index is 13.5. The van der Waals surface area contributed by atoms with Gasteiger partial charge in [0.15, 0.2) is 5.82 Å². The van der Waals surface area contributed by atoms with Crippen molar-refractivity contribution in [2.24, 2.45) is 7.05 Å². The second kappa shape index (κ2) is 12.5. The van der Waals surface area contributed by atoms with Gasteiger partial charge in [-0.1, -0.05) is 6.07 Å². The van der Waals surface area contributed by atoms with E-state index in [9.17, 15) is 35.9 Å². The van der Waals surface area contributed by atoms with Crippen LogP contribution in [0.5, 0.6) is 0 Å². The number of nitrogens with zero attached hydrogens (tertiary/aromatic N) is 4. The minimum atomic E-state index is -4.95. The van der Waals surface area contributed by atoms with E-state index in [1.54, 1.807) is 25.4 Å². The van der Waals surface area contributed by atoms with Crippen LogP contribution in [0.1, 0.15) is 47.9 Å². The van der Waals surface area contributed by atoms with Crippen LogP contribution in [0.2, 0.25) is 0 Å². The SMILES string of the molecule is Cc1c(-c2cc(NC(=O)Cc3cc(C(F)(F)F)ccc3C(F)(F)F)nn2C)ccc2nc(NC3CCC(NC(=O)O)CC3)ncc12. The molecule has 1 fully saturated rings. The van der Waals surface area contributed by atoms with E-state index in [1.807, 2.05) is 6.92 Å². The van der Waals surface area contributed by atoms with Crippen molar-refractivity contribution in [3.8, 4) is 11.3 Å². The van der Waals surface area contributed by atoms with Crippen molar-refractivity contribution in [3.63, 3.8) is 0 Å². The number of hydrogen-bond donors (Lipinski definition) is 4. The zero-order valence-electron chi connectivity index (χ0n) is 24.6. The Morgan fingerprint density at radius 1 is 0.978 bits per heavy atom. The van der Waals surface area contributed by atoms with Gasteiger partial charge in [0, 0.05) is 42.3 Å². The van der Waals surface area contributed by atoms with E-state index in [0.717, 1.165) is 23.8 Å². The third kappa shape index (κ3) is 7.32. The number of carbonyl (C=O) groups excluding carboxylic acids is 1. The number of rotatable bonds is 7. The molecular weight excluding hydrogens is 620 g/mol. The maximum absolute atomic E-state index is 13.5. The smallest absolute Gasteiger partial charge is 0.416 e.